The molecule has 0 fully saturated rings. The van der Waals surface area contributed by atoms with Crippen LogP contribution in [0.15, 0.2) is 29.4 Å². The number of hydrogen-bond acceptors (Lipinski definition) is 5. The van der Waals surface area contributed by atoms with E-state index >= 15 is 0 Å². The molecule has 1 aromatic carbocycles. The maximum absolute atomic E-state index is 11.9. The van der Waals surface area contributed by atoms with E-state index in [9.17, 15) is 4.79 Å². The van der Waals surface area contributed by atoms with E-state index in [1.54, 1.807) is 23.7 Å². The van der Waals surface area contributed by atoms with Crippen molar-refractivity contribution in [2.75, 3.05) is 14.1 Å². The summed E-state index contributed by atoms with van der Waals surface area (Å²) in [5.74, 6) is 0.0359. The molecule has 2 rings (SSSR count). The molecule has 0 radical (unpaired) electrons. The van der Waals surface area contributed by atoms with Gasteiger partial charge < -0.3 is 4.90 Å². The summed E-state index contributed by atoms with van der Waals surface area (Å²) in [6, 6.07) is 7.90. The molecule has 1 amide bonds. The van der Waals surface area contributed by atoms with Crippen LogP contribution < -0.4 is 0 Å². The maximum atomic E-state index is 11.9. The van der Waals surface area contributed by atoms with Gasteiger partial charge in [-0.1, -0.05) is 23.9 Å². The number of benzene rings is 1. The Morgan fingerprint density at radius 2 is 2.15 bits per heavy atom. The summed E-state index contributed by atoms with van der Waals surface area (Å²) in [4.78, 5) is 13.5. The van der Waals surface area contributed by atoms with Crippen molar-refractivity contribution in [2.45, 2.75) is 24.3 Å². The smallest absolute Gasteiger partial charge is 0.235 e. The van der Waals surface area contributed by atoms with Gasteiger partial charge in [0.1, 0.15) is 0 Å². The molecule has 106 valence electrons. The summed E-state index contributed by atoms with van der Waals surface area (Å²) in [5.41, 5.74) is 2.02. The minimum absolute atomic E-state index is 0.0359. The molecular formula is C13H17N5OS. The van der Waals surface area contributed by atoms with Crippen molar-refractivity contribution >= 4 is 17.7 Å². The highest BCUT2D eigenvalue weighted by Crippen LogP contribution is 2.23. The number of carbonyl (C=O) groups excluding carboxylic acids is 1. The third-order valence-electron chi connectivity index (χ3n) is 2.76. The van der Waals surface area contributed by atoms with E-state index in [0.717, 1.165) is 11.3 Å². The standard InChI is InChI=1S/C13H17N5OS/c1-9-6-5-7-11(8-9)18-13(14-15-16-18)20-10(2)12(19)17(3)4/h5-8,10H,1-4H3/t10-/m0/s1. The second-order valence-electron chi connectivity index (χ2n) is 4.71. The monoisotopic (exact) mass is 291 g/mol. The van der Waals surface area contributed by atoms with Crippen molar-refractivity contribution in [2.24, 2.45) is 0 Å². The van der Waals surface area contributed by atoms with E-state index in [4.69, 9.17) is 0 Å². The Labute approximate surface area is 122 Å². The maximum Gasteiger partial charge on any atom is 0.235 e. The number of hydrogen-bond donors (Lipinski definition) is 0. The quantitative estimate of drug-likeness (QED) is 0.800. The fourth-order valence-corrected chi connectivity index (χ4v) is 2.70. The molecule has 0 aliphatic carbocycles. The zero-order chi connectivity index (χ0) is 14.7. The lowest BCUT2D eigenvalue weighted by Gasteiger charge is -2.15. The molecule has 0 N–H and O–H groups in total. The molecule has 1 aromatic heterocycles. The Kier molecular flexibility index (Phi) is 4.39. The highest BCUT2D eigenvalue weighted by atomic mass is 32.2. The first-order chi connectivity index (χ1) is 9.49. The van der Waals surface area contributed by atoms with E-state index in [-0.39, 0.29) is 11.2 Å². The van der Waals surface area contributed by atoms with Crippen LogP contribution in [-0.4, -0.2) is 50.4 Å². The van der Waals surface area contributed by atoms with Crippen molar-refractivity contribution in [3.63, 3.8) is 0 Å². The largest absolute Gasteiger partial charge is 0.348 e. The number of nitrogens with zero attached hydrogens (tertiary/aromatic N) is 5. The second kappa shape index (κ2) is 6.04. The molecule has 7 heteroatoms. The summed E-state index contributed by atoms with van der Waals surface area (Å²) in [6.45, 7) is 3.86. The number of carbonyl (C=O) groups is 1. The van der Waals surface area contributed by atoms with Gasteiger partial charge in [-0.15, -0.1) is 5.10 Å². The van der Waals surface area contributed by atoms with Crippen LogP contribution in [0.25, 0.3) is 5.69 Å². The lowest BCUT2D eigenvalue weighted by Crippen LogP contribution is -2.29. The summed E-state index contributed by atoms with van der Waals surface area (Å²) in [6.07, 6.45) is 0. The Morgan fingerprint density at radius 3 is 2.80 bits per heavy atom. The predicted molar refractivity (Wildman–Crippen MR) is 77.9 cm³/mol. The molecule has 1 heterocycles. The van der Waals surface area contributed by atoms with E-state index < -0.39 is 0 Å². The third-order valence-corrected chi connectivity index (χ3v) is 3.78. The number of aryl methyl sites for hydroxylation is 1. The van der Waals surface area contributed by atoms with Crippen LogP contribution in [0.1, 0.15) is 12.5 Å². The lowest BCUT2D eigenvalue weighted by atomic mass is 10.2. The molecule has 6 nitrogen and oxygen atoms in total. The Hall–Kier alpha value is -1.89. The number of rotatable bonds is 4. The Balaban J connectivity index is 2.23. The minimum atomic E-state index is -0.237. The average molecular weight is 291 g/mol. The molecular weight excluding hydrogens is 274 g/mol. The van der Waals surface area contributed by atoms with Gasteiger partial charge in [-0.25, -0.2) is 0 Å². The van der Waals surface area contributed by atoms with Gasteiger partial charge >= 0.3 is 0 Å². The van der Waals surface area contributed by atoms with E-state index in [1.807, 2.05) is 38.1 Å². The molecule has 0 bridgehead atoms. The van der Waals surface area contributed by atoms with Gasteiger partial charge in [0.2, 0.25) is 11.1 Å². The van der Waals surface area contributed by atoms with Crippen LogP contribution in [0, 0.1) is 6.92 Å². The fourth-order valence-electron chi connectivity index (χ4n) is 1.75. The summed E-state index contributed by atoms with van der Waals surface area (Å²) >= 11 is 1.35. The molecule has 1 atom stereocenters. The van der Waals surface area contributed by atoms with Gasteiger partial charge in [0.25, 0.3) is 0 Å². The van der Waals surface area contributed by atoms with Gasteiger partial charge in [0.05, 0.1) is 10.9 Å². The van der Waals surface area contributed by atoms with E-state index in [1.165, 1.54) is 11.8 Å². The Bertz CT molecular complexity index is 610. The lowest BCUT2D eigenvalue weighted by molar-refractivity contribution is -0.127. The molecule has 0 saturated carbocycles. The van der Waals surface area contributed by atoms with Crippen LogP contribution in [0.5, 0.6) is 0 Å². The molecule has 2 aromatic rings. The average Bonchev–Trinajstić information content (AvgIpc) is 2.85. The van der Waals surface area contributed by atoms with E-state index in [0.29, 0.717) is 5.16 Å². The van der Waals surface area contributed by atoms with Crippen LogP contribution in [0.3, 0.4) is 0 Å². The summed E-state index contributed by atoms with van der Waals surface area (Å²) < 4.78 is 1.65. The number of tetrazole rings is 1. The SMILES string of the molecule is Cc1cccc(-n2nnnc2S[C@@H](C)C(=O)N(C)C)c1. The van der Waals surface area contributed by atoms with Gasteiger partial charge in [0.15, 0.2) is 0 Å². The number of aromatic nitrogens is 4. The molecule has 0 aliphatic rings. The minimum Gasteiger partial charge on any atom is -0.348 e. The third kappa shape index (κ3) is 3.16. The molecule has 0 saturated heterocycles. The van der Waals surface area contributed by atoms with Crippen molar-refractivity contribution in [1.29, 1.82) is 0 Å². The van der Waals surface area contributed by atoms with Crippen LogP contribution in [0.4, 0.5) is 0 Å². The van der Waals surface area contributed by atoms with Crippen molar-refractivity contribution in [3.05, 3.63) is 29.8 Å². The topological polar surface area (TPSA) is 63.9 Å². The molecule has 0 aliphatic heterocycles. The van der Waals surface area contributed by atoms with Crippen LogP contribution in [0.2, 0.25) is 0 Å². The van der Waals surface area contributed by atoms with Gasteiger partial charge in [-0.05, 0) is 42.0 Å². The summed E-state index contributed by atoms with van der Waals surface area (Å²) in [5, 5.41) is 12.1. The van der Waals surface area contributed by atoms with E-state index in [2.05, 4.69) is 15.5 Å². The fraction of sp³-hybridized carbons (Fsp3) is 0.385. The number of thioether (sulfide) groups is 1. The number of amides is 1. The predicted octanol–water partition coefficient (Wildman–Crippen LogP) is 1.54. The molecule has 0 spiro atoms. The summed E-state index contributed by atoms with van der Waals surface area (Å²) in [7, 11) is 3.48. The van der Waals surface area contributed by atoms with Crippen molar-refractivity contribution in [1.82, 2.24) is 25.1 Å². The highest BCUT2D eigenvalue weighted by Gasteiger charge is 2.20. The van der Waals surface area contributed by atoms with Gasteiger partial charge in [-0.2, -0.15) is 4.68 Å². The first kappa shape index (κ1) is 14.5. The van der Waals surface area contributed by atoms with Crippen molar-refractivity contribution in [3.8, 4) is 5.69 Å². The Morgan fingerprint density at radius 1 is 1.40 bits per heavy atom. The van der Waals surface area contributed by atoms with Crippen LogP contribution >= 0.6 is 11.8 Å². The zero-order valence-electron chi connectivity index (χ0n) is 11.9. The first-order valence-corrected chi connectivity index (χ1v) is 7.10. The van der Waals surface area contributed by atoms with Crippen LogP contribution in [-0.2, 0) is 4.79 Å². The molecule has 20 heavy (non-hydrogen) atoms. The van der Waals surface area contributed by atoms with Gasteiger partial charge in [0, 0.05) is 14.1 Å². The van der Waals surface area contributed by atoms with Crippen molar-refractivity contribution < 1.29 is 4.79 Å². The van der Waals surface area contributed by atoms with Gasteiger partial charge in [-0.3, -0.25) is 4.79 Å². The zero-order valence-corrected chi connectivity index (χ0v) is 12.8. The second-order valence-corrected chi connectivity index (χ2v) is 6.01. The molecule has 0 unspecified atom stereocenters. The highest BCUT2D eigenvalue weighted by molar-refractivity contribution is 8.00. The first-order valence-electron chi connectivity index (χ1n) is 6.22. The normalized spacial score (nSPS) is 12.2.